The van der Waals surface area contributed by atoms with E-state index in [0.717, 1.165) is 22.4 Å². The summed E-state index contributed by atoms with van der Waals surface area (Å²) in [5.74, 6) is -0.412. The number of non-ortho nitro benzene ring substituents is 1. The number of carbonyl (C=O) groups excluding carboxylic acids is 1. The zero-order valence-corrected chi connectivity index (χ0v) is 14.7. The maximum atomic E-state index is 12.1. The average molecular weight is 372 g/mol. The summed E-state index contributed by atoms with van der Waals surface area (Å²) in [7, 11) is 0. The van der Waals surface area contributed by atoms with Crippen LogP contribution in [0, 0.1) is 10.1 Å². The third kappa shape index (κ3) is 2.83. The summed E-state index contributed by atoms with van der Waals surface area (Å²) in [4.78, 5) is 27.5. The van der Waals surface area contributed by atoms with Gasteiger partial charge in [0.15, 0.2) is 5.69 Å². The number of aromatic nitrogens is 1. The lowest BCUT2D eigenvalue weighted by Crippen LogP contribution is -2.24. The first-order valence-corrected chi connectivity index (χ1v) is 8.99. The molecule has 1 fully saturated rings. The van der Waals surface area contributed by atoms with Gasteiger partial charge in [-0.1, -0.05) is 12.1 Å². The first-order chi connectivity index (χ1) is 12.6. The number of rotatable bonds is 4. The third-order valence-electron chi connectivity index (χ3n) is 4.48. The molecule has 2 aliphatic rings. The number of hydrogen-bond donors (Lipinski definition) is 1. The predicted octanol–water partition coefficient (Wildman–Crippen LogP) is 3.18. The number of ether oxygens (including phenoxy) is 1. The van der Waals surface area contributed by atoms with E-state index in [4.69, 9.17) is 4.74 Å². The number of nitro groups is 1. The van der Waals surface area contributed by atoms with Gasteiger partial charge in [0.2, 0.25) is 0 Å². The second kappa shape index (κ2) is 6.67. The van der Waals surface area contributed by atoms with Crippen LogP contribution in [0.3, 0.4) is 0 Å². The molecule has 134 valence electrons. The van der Waals surface area contributed by atoms with Gasteiger partial charge < -0.3 is 4.74 Å². The van der Waals surface area contributed by atoms with Gasteiger partial charge in [0.05, 0.1) is 22.5 Å². The molecule has 3 heterocycles. The number of hydrogen-bond acceptors (Lipinski definition) is 8. The number of pyridine rings is 1. The van der Waals surface area contributed by atoms with Crippen LogP contribution in [-0.2, 0) is 4.74 Å². The summed E-state index contributed by atoms with van der Waals surface area (Å²) in [5, 5.41) is 10.8. The Morgan fingerprint density at radius 1 is 1.42 bits per heavy atom. The van der Waals surface area contributed by atoms with E-state index in [2.05, 4.69) is 10.4 Å². The quantitative estimate of drug-likeness (QED) is 0.378. The fourth-order valence-electron chi connectivity index (χ4n) is 3.26. The van der Waals surface area contributed by atoms with Crippen LogP contribution >= 0.6 is 11.9 Å². The van der Waals surface area contributed by atoms with Gasteiger partial charge in [0, 0.05) is 24.4 Å². The molecule has 26 heavy (non-hydrogen) atoms. The molecule has 0 bridgehead atoms. The minimum Gasteiger partial charge on any atom is -0.461 e. The van der Waals surface area contributed by atoms with Crippen molar-refractivity contribution in [2.45, 2.75) is 30.3 Å². The summed E-state index contributed by atoms with van der Waals surface area (Å²) < 4.78 is 7.10. The van der Waals surface area contributed by atoms with Crippen molar-refractivity contribution in [1.29, 1.82) is 0 Å². The first kappa shape index (κ1) is 17.0. The second-order valence-electron chi connectivity index (χ2n) is 6.00. The molecule has 1 saturated heterocycles. The van der Waals surface area contributed by atoms with Gasteiger partial charge in [0.1, 0.15) is 0 Å². The summed E-state index contributed by atoms with van der Waals surface area (Å²) in [6.07, 6.45) is 2.43. The summed E-state index contributed by atoms with van der Waals surface area (Å²) in [6, 6.07) is 8.68. The Morgan fingerprint density at radius 2 is 2.19 bits per heavy atom. The molecule has 2 atom stereocenters. The van der Waals surface area contributed by atoms with E-state index in [1.165, 1.54) is 24.1 Å². The van der Waals surface area contributed by atoms with Gasteiger partial charge in [-0.3, -0.25) is 10.1 Å². The Kier molecular flexibility index (Phi) is 4.35. The standard InChI is InChI=1S/C17H16N4O4S/c1-2-25-17(22)15-16-12(7-8-18-15)14-9-13(19-20(14)26-16)10-3-5-11(6-4-10)21(23)24/h3-8,13-14,19H,2,9H2,1H3. The van der Waals surface area contributed by atoms with Gasteiger partial charge >= 0.3 is 5.97 Å². The van der Waals surface area contributed by atoms with Gasteiger partial charge in [0.25, 0.3) is 5.69 Å². The SMILES string of the molecule is CCOC(=O)c1nccc2c1SN1NC(c3ccc([N+](=O)[O-])cc3)CC21. The molecule has 2 unspecified atom stereocenters. The number of nitrogens with zero attached hydrogens (tertiary/aromatic N) is 3. The number of nitro benzene ring substituents is 1. The van der Waals surface area contributed by atoms with Gasteiger partial charge in [-0.2, -0.15) is 4.41 Å². The molecule has 1 aromatic heterocycles. The van der Waals surface area contributed by atoms with Gasteiger partial charge in [-0.05, 0) is 42.5 Å². The number of benzene rings is 1. The highest BCUT2D eigenvalue weighted by atomic mass is 32.2. The van der Waals surface area contributed by atoms with Crippen molar-refractivity contribution in [2.24, 2.45) is 0 Å². The highest BCUT2D eigenvalue weighted by Crippen LogP contribution is 2.51. The first-order valence-electron chi connectivity index (χ1n) is 8.22. The molecule has 0 radical (unpaired) electrons. The molecule has 4 rings (SSSR count). The molecule has 1 aromatic carbocycles. The number of fused-ring (bicyclic) bond motifs is 3. The Morgan fingerprint density at radius 3 is 2.88 bits per heavy atom. The van der Waals surface area contributed by atoms with Gasteiger partial charge in [-0.15, -0.1) is 0 Å². The van der Waals surface area contributed by atoms with Crippen molar-refractivity contribution in [2.75, 3.05) is 6.61 Å². The lowest BCUT2D eigenvalue weighted by Gasteiger charge is -2.15. The number of esters is 1. The molecular formula is C17H16N4O4S. The van der Waals surface area contributed by atoms with Crippen LogP contribution in [0.2, 0.25) is 0 Å². The van der Waals surface area contributed by atoms with Crippen LogP contribution in [0.5, 0.6) is 0 Å². The van der Waals surface area contributed by atoms with Crippen molar-refractivity contribution in [3.8, 4) is 0 Å². The van der Waals surface area contributed by atoms with Crippen LogP contribution in [0.4, 0.5) is 5.69 Å². The van der Waals surface area contributed by atoms with Crippen LogP contribution in [0.15, 0.2) is 41.4 Å². The highest BCUT2D eigenvalue weighted by Gasteiger charge is 2.42. The van der Waals surface area contributed by atoms with E-state index in [9.17, 15) is 14.9 Å². The molecule has 2 aliphatic heterocycles. The van der Waals surface area contributed by atoms with Crippen molar-refractivity contribution < 1.29 is 14.5 Å². The maximum Gasteiger partial charge on any atom is 0.358 e. The molecule has 9 heteroatoms. The zero-order chi connectivity index (χ0) is 18.3. The average Bonchev–Trinajstić information content (AvgIpc) is 3.19. The number of nitrogens with one attached hydrogen (secondary N) is 1. The normalized spacial score (nSPS) is 21.3. The van der Waals surface area contributed by atoms with Gasteiger partial charge in [-0.25, -0.2) is 15.2 Å². The maximum absolute atomic E-state index is 12.1. The van der Waals surface area contributed by atoms with Crippen molar-refractivity contribution in [3.05, 3.63) is 63.5 Å². The molecule has 2 aromatic rings. The van der Waals surface area contributed by atoms with Crippen molar-refractivity contribution in [1.82, 2.24) is 14.8 Å². The van der Waals surface area contributed by atoms with Crippen LogP contribution in [-0.4, -0.2) is 26.9 Å². The largest absolute Gasteiger partial charge is 0.461 e. The number of hydrazine groups is 1. The molecule has 0 saturated carbocycles. The molecule has 0 amide bonds. The Labute approximate surface area is 153 Å². The summed E-state index contributed by atoms with van der Waals surface area (Å²) in [6.45, 7) is 2.07. The second-order valence-corrected chi connectivity index (χ2v) is 6.98. The van der Waals surface area contributed by atoms with E-state index in [1.54, 1.807) is 25.3 Å². The Hall–Kier alpha value is -2.49. The molecule has 0 spiro atoms. The smallest absolute Gasteiger partial charge is 0.358 e. The van der Waals surface area contributed by atoms with E-state index >= 15 is 0 Å². The zero-order valence-electron chi connectivity index (χ0n) is 13.9. The highest BCUT2D eigenvalue weighted by molar-refractivity contribution is 7.97. The lowest BCUT2D eigenvalue weighted by molar-refractivity contribution is -0.384. The van der Waals surface area contributed by atoms with Crippen LogP contribution in [0.25, 0.3) is 0 Å². The fourth-order valence-corrected chi connectivity index (χ4v) is 4.50. The minimum atomic E-state index is -0.412. The summed E-state index contributed by atoms with van der Waals surface area (Å²) >= 11 is 1.44. The van der Waals surface area contributed by atoms with Crippen LogP contribution < -0.4 is 5.43 Å². The van der Waals surface area contributed by atoms with E-state index in [-0.39, 0.29) is 17.8 Å². The van der Waals surface area contributed by atoms with E-state index < -0.39 is 10.9 Å². The topological polar surface area (TPSA) is 97.6 Å². The Balaban J connectivity index is 1.56. The van der Waals surface area contributed by atoms with Crippen molar-refractivity contribution in [3.63, 3.8) is 0 Å². The summed E-state index contributed by atoms with van der Waals surface area (Å²) in [5.41, 5.74) is 5.87. The van der Waals surface area contributed by atoms with Crippen LogP contribution in [0.1, 0.15) is 47.0 Å². The predicted molar refractivity (Wildman–Crippen MR) is 94.2 cm³/mol. The molecule has 8 nitrogen and oxygen atoms in total. The van der Waals surface area contributed by atoms with Crippen molar-refractivity contribution >= 4 is 23.6 Å². The lowest BCUT2D eigenvalue weighted by atomic mass is 9.97. The fraction of sp³-hybridized carbons (Fsp3) is 0.294. The van der Waals surface area contributed by atoms with E-state index in [1.807, 2.05) is 10.5 Å². The molecule has 0 aliphatic carbocycles. The number of carbonyl (C=O) groups is 1. The third-order valence-corrected chi connectivity index (χ3v) is 5.65. The monoisotopic (exact) mass is 372 g/mol. The Bertz CT molecular complexity index is 874. The molecule has 1 N–H and O–H groups in total. The van der Waals surface area contributed by atoms with E-state index in [0.29, 0.717) is 12.3 Å². The molecular weight excluding hydrogens is 356 g/mol. The minimum absolute atomic E-state index is 0.0562.